The number of nitriles is 1. The zero-order valence-corrected chi connectivity index (χ0v) is 16.6. The molecule has 7 heteroatoms. The van der Waals surface area contributed by atoms with E-state index in [1.54, 1.807) is 60.3 Å². The van der Waals surface area contributed by atoms with E-state index in [0.717, 1.165) is 5.69 Å². The van der Waals surface area contributed by atoms with Crippen molar-refractivity contribution in [2.24, 2.45) is 0 Å². The summed E-state index contributed by atoms with van der Waals surface area (Å²) >= 11 is 0. The van der Waals surface area contributed by atoms with Gasteiger partial charge < -0.3 is 18.8 Å². The molecule has 30 heavy (non-hydrogen) atoms. The summed E-state index contributed by atoms with van der Waals surface area (Å²) in [6.45, 7) is 1.83. The summed E-state index contributed by atoms with van der Waals surface area (Å²) in [5, 5.41) is 9.62. The quantitative estimate of drug-likeness (QED) is 0.557. The van der Waals surface area contributed by atoms with E-state index in [4.69, 9.17) is 9.47 Å². The maximum atomic E-state index is 11.8. The predicted octanol–water partition coefficient (Wildman–Crippen LogP) is 3.74. The van der Waals surface area contributed by atoms with Gasteiger partial charge >= 0.3 is 11.9 Å². The second-order valence-corrected chi connectivity index (χ2v) is 6.23. The van der Waals surface area contributed by atoms with E-state index >= 15 is 0 Å². The van der Waals surface area contributed by atoms with Crippen molar-refractivity contribution in [2.75, 3.05) is 20.3 Å². The molecular weight excluding hydrogens is 384 g/mol. The van der Waals surface area contributed by atoms with Gasteiger partial charge in [0.05, 0.1) is 24.8 Å². The van der Waals surface area contributed by atoms with Crippen LogP contribution in [-0.2, 0) is 14.3 Å². The van der Waals surface area contributed by atoms with Crippen LogP contribution in [0, 0.1) is 11.3 Å². The maximum absolute atomic E-state index is 11.8. The number of methoxy groups -OCH3 is 1. The minimum atomic E-state index is -0.496. The summed E-state index contributed by atoms with van der Waals surface area (Å²) in [5.41, 5.74) is 3.01. The molecule has 0 spiro atoms. The number of aromatic nitrogens is 1. The molecule has 1 aromatic heterocycles. The molecule has 152 valence electrons. The molecule has 0 saturated carbocycles. The Labute approximate surface area is 174 Å². The Bertz CT molecular complexity index is 1090. The Morgan fingerprint density at radius 3 is 2.43 bits per heavy atom. The van der Waals surface area contributed by atoms with E-state index in [1.807, 2.05) is 12.1 Å². The molecule has 0 radical (unpaired) electrons. The number of hydrogen-bond acceptors (Lipinski definition) is 6. The number of rotatable bonds is 7. The molecular formula is C23H20N2O5. The van der Waals surface area contributed by atoms with Crippen molar-refractivity contribution in [3.63, 3.8) is 0 Å². The largest absolute Gasteiger partial charge is 0.481 e. The van der Waals surface area contributed by atoms with Crippen LogP contribution in [0.4, 0.5) is 0 Å². The van der Waals surface area contributed by atoms with E-state index in [-0.39, 0.29) is 12.6 Å². The van der Waals surface area contributed by atoms with Crippen LogP contribution in [-0.4, -0.2) is 36.8 Å². The first-order chi connectivity index (χ1) is 14.6. The Balaban J connectivity index is 1.94. The summed E-state index contributed by atoms with van der Waals surface area (Å²) in [6.07, 6.45) is 3.50. The van der Waals surface area contributed by atoms with Crippen molar-refractivity contribution in [3.8, 4) is 28.6 Å². The first kappa shape index (κ1) is 20.7. The predicted molar refractivity (Wildman–Crippen MR) is 109 cm³/mol. The third-order valence-corrected chi connectivity index (χ3v) is 4.37. The average Bonchev–Trinajstić information content (AvgIpc) is 3.22. The summed E-state index contributed by atoms with van der Waals surface area (Å²) in [5.74, 6) is -0.411. The molecule has 3 rings (SSSR count). The minimum Gasteiger partial charge on any atom is -0.481 e. The van der Waals surface area contributed by atoms with Crippen LogP contribution in [0.2, 0.25) is 0 Å². The molecule has 0 atom stereocenters. The van der Waals surface area contributed by atoms with Crippen molar-refractivity contribution >= 4 is 11.9 Å². The maximum Gasteiger partial charge on any atom is 0.343 e. The molecule has 0 amide bonds. The monoisotopic (exact) mass is 404 g/mol. The minimum absolute atomic E-state index is 0.231. The third-order valence-electron chi connectivity index (χ3n) is 4.37. The van der Waals surface area contributed by atoms with Crippen LogP contribution in [0.1, 0.15) is 22.8 Å². The average molecular weight is 404 g/mol. The summed E-state index contributed by atoms with van der Waals surface area (Å²) in [7, 11) is 1.29. The number of para-hydroxylation sites is 1. The molecule has 0 aliphatic heterocycles. The van der Waals surface area contributed by atoms with E-state index < -0.39 is 5.97 Å². The topological polar surface area (TPSA) is 90.5 Å². The lowest BCUT2D eigenvalue weighted by Gasteiger charge is -2.10. The molecule has 0 saturated heterocycles. The summed E-state index contributed by atoms with van der Waals surface area (Å²) in [4.78, 5) is 23.3. The molecule has 3 aromatic rings. The number of carbonyl (C=O) groups excluding carboxylic acids is 2. The Morgan fingerprint density at radius 2 is 1.77 bits per heavy atom. The lowest BCUT2D eigenvalue weighted by Crippen LogP contribution is -2.12. The number of nitrogens with zero attached hydrogens (tertiary/aromatic N) is 2. The van der Waals surface area contributed by atoms with Crippen LogP contribution in [0.25, 0.3) is 16.8 Å². The van der Waals surface area contributed by atoms with Crippen LogP contribution in [0.15, 0.2) is 60.9 Å². The molecule has 0 fully saturated rings. The molecule has 0 bridgehead atoms. The van der Waals surface area contributed by atoms with Gasteiger partial charge in [0.25, 0.3) is 0 Å². The van der Waals surface area contributed by atoms with Crippen molar-refractivity contribution < 1.29 is 23.8 Å². The first-order valence-corrected chi connectivity index (χ1v) is 9.26. The van der Waals surface area contributed by atoms with Crippen LogP contribution in [0.3, 0.4) is 0 Å². The van der Waals surface area contributed by atoms with Gasteiger partial charge in [-0.25, -0.2) is 9.59 Å². The molecule has 7 nitrogen and oxygen atoms in total. The fourth-order valence-corrected chi connectivity index (χ4v) is 2.90. The third kappa shape index (κ3) is 4.50. The zero-order chi connectivity index (χ0) is 21.5. The fourth-order valence-electron chi connectivity index (χ4n) is 2.90. The highest BCUT2D eigenvalue weighted by Gasteiger charge is 2.15. The van der Waals surface area contributed by atoms with E-state index in [0.29, 0.717) is 34.6 Å². The lowest BCUT2D eigenvalue weighted by molar-refractivity contribution is -0.142. The number of hydrogen-bond donors (Lipinski definition) is 0. The highest BCUT2D eigenvalue weighted by molar-refractivity contribution is 5.89. The van der Waals surface area contributed by atoms with Crippen molar-refractivity contribution in [1.29, 1.82) is 5.26 Å². The van der Waals surface area contributed by atoms with Gasteiger partial charge in [-0.2, -0.15) is 5.26 Å². The highest BCUT2D eigenvalue weighted by atomic mass is 16.6. The van der Waals surface area contributed by atoms with Crippen molar-refractivity contribution in [2.45, 2.75) is 6.92 Å². The van der Waals surface area contributed by atoms with Crippen molar-refractivity contribution in [3.05, 3.63) is 72.1 Å². The summed E-state index contributed by atoms with van der Waals surface area (Å²) in [6, 6.07) is 16.2. The summed E-state index contributed by atoms with van der Waals surface area (Å²) < 4.78 is 17.0. The normalized spacial score (nSPS) is 10.2. The van der Waals surface area contributed by atoms with Gasteiger partial charge in [0.2, 0.25) is 0 Å². The van der Waals surface area contributed by atoms with Crippen LogP contribution < -0.4 is 4.74 Å². The van der Waals surface area contributed by atoms with Gasteiger partial charge in [0.1, 0.15) is 11.8 Å². The Hall–Kier alpha value is -4.05. The highest BCUT2D eigenvalue weighted by Crippen LogP contribution is 2.33. The van der Waals surface area contributed by atoms with E-state index in [2.05, 4.69) is 10.8 Å². The number of benzene rings is 2. The van der Waals surface area contributed by atoms with Gasteiger partial charge in [-0.3, -0.25) is 0 Å². The molecule has 0 N–H and O–H groups in total. The second-order valence-electron chi connectivity index (χ2n) is 6.23. The fraction of sp³-hybridized carbons (Fsp3) is 0.174. The molecule has 2 aromatic carbocycles. The van der Waals surface area contributed by atoms with Gasteiger partial charge in [-0.15, -0.1) is 0 Å². The number of carbonyl (C=O) groups is 2. The Kier molecular flexibility index (Phi) is 6.50. The molecule has 1 heterocycles. The lowest BCUT2D eigenvalue weighted by atomic mass is 10.0. The first-order valence-electron chi connectivity index (χ1n) is 9.26. The Morgan fingerprint density at radius 1 is 1.03 bits per heavy atom. The van der Waals surface area contributed by atoms with Crippen molar-refractivity contribution in [1.82, 2.24) is 4.57 Å². The molecule has 0 aliphatic carbocycles. The standard InChI is InChI=1S/C23H20N2O5/c1-3-29-23(27)16-8-10-18(11-9-16)25-13-17(12-24)20(14-25)19-6-4-5-7-21(19)30-15-22(26)28-2/h4-11,13-14H,3,15H2,1-2H3. The smallest absolute Gasteiger partial charge is 0.343 e. The van der Waals surface area contributed by atoms with Gasteiger partial charge in [0, 0.05) is 29.2 Å². The SMILES string of the molecule is CCOC(=O)c1ccc(-n2cc(C#N)c(-c3ccccc3OCC(=O)OC)c2)cc1. The number of ether oxygens (including phenoxy) is 3. The number of esters is 2. The molecule has 0 unspecified atom stereocenters. The van der Waals surface area contributed by atoms with E-state index in [9.17, 15) is 14.9 Å². The zero-order valence-electron chi connectivity index (χ0n) is 16.6. The van der Waals surface area contributed by atoms with Crippen LogP contribution in [0.5, 0.6) is 5.75 Å². The second kappa shape index (κ2) is 9.43. The van der Waals surface area contributed by atoms with Crippen LogP contribution >= 0.6 is 0 Å². The van der Waals surface area contributed by atoms with Gasteiger partial charge in [-0.05, 0) is 37.3 Å². The van der Waals surface area contributed by atoms with Gasteiger partial charge in [0.15, 0.2) is 6.61 Å². The molecule has 0 aliphatic rings. The van der Waals surface area contributed by atoms with Gasteiger partial charge in [-0.1, -0.05) is 18.2 Å². The van der Waals surface area contributed by atoms with E-state index in [1.165, 1.54) is 7.11 Å².